The van der Waals surface area contributed by atoms with Crippen LogP contribution in [0.1, 0.15) is 60.8 Å². The normalized spacial score (nSPS) is 18.0. The van der Waals surface area contributed by atoms with Crippen molar-refractivity contribution >= 4 is 19.7 Å². The Morgan fingerprint density at radius 3 is 2.37 bits per heavy atom. The molecule has 1 unspecified atom stereocenters. The minimum atomic E-state index is -1.80. The highest BCUT2D eigenvalue weighted by molar-refractivity contribution is 7.12. The summed E-state index contributed by atoms with van der Waals surface area (Å²) >= 11 is 1.65. The maximum atomic E-state index is 12.0. The summed E-state index contributed by atoms with van der Waals surface area (Å²) in [6.07, 6.45) is 1.08. The predicted octanol–water partition coefficient (Wildman–Crippen LogP) is 6.14. The Labute approximate surface area is 186 Å². The first-order valence-electron chi connectivity index (χ1n) is 10.8. The monoisotopic (exact) mass is 448 g/mol. The summed E-state index contributed by atoms with van der Waals surface area (Å²) < 4.78 is 17.7. The van der Waals surface area contributed by atoms with Gasteiger partial charge in [0.15, 0.2) is 14.6 Å². The van der Waals surface area contributed by atoms with E-state index in [-0.39, 0.29) is 11.3 Å². The molecule has 1 N–H and O–H groups in total. The molecule has 1 aliphatic rings. The maximum absolute atomic E-state index is 12.0. The lowest BCUT2D eigenvalue weighted by Crippen LogP contribution is -2.41. The number of hydrogen-bond donors (Lipinski definition) is 1. The highest BCUT2D eigenvalue weighted by Crippen LogP contribution is 2.42. The molecule has 1 fully saturated rings. The summed E-state index contributed by atoms with van der Waals surface area (Å²) in [5.74, 6) is 0. The zero-order valence-corrected chi connectivity index (χ0v) is 21.0. The second-order valence-electron chi connectivity index (χ2n) is 9.63. The molecule has 1 aromatic carbocycles. The lowest BCUT2D eigenvalue weighted by Gasteiger charge is -2.36. The molecule has 0 bridgehead atoms. The van der Waals surface area contributed by atoms with E-state index in [0.29, 0.717) is 26.2 Å². The number of thiophene rings is 1. The van der Waals surface area contributed by atoms with Crippen LogP contribution in [0.4, 0.5) is 0 Å². The summed E-state index contributed by atoms with van der Waals surface area (Å²) in [5, 5.41) is 12.1. The smallest absolute Gasteiger partial charge is 0.193 e. The number of aliphatic hydroxyl groups is 1. The molecule has 2 aromatic rings. The van der Waals surface area contributed by atoms with Crippen LogP contribution < -0.4 is 0 Å². The van der Waals surface area contributed by atoms with Crippen LogP contribution in [0.15, 0.2) is 36.4 Å². The third kappa shape index (κ3) is 5.06. The van der Waals surface area contributed by atoms with E-state index in [9.17, 15) is 5.11 Å². The van der Waals surface area contributed by atoms with Crippen molar-refractivity contribution in [1.29, 1.82) is 0 Å². The summed E-state index contributed by atoms with van der Waals surface area (Å²) in [6, 6.07) is 12.0. The topological polar surface area (TPSA) is 47.9 Å². The van der Waals surface area contributed by atoms with Crippen molar-refractivity contribution in [1.82, 2.24) is 0 Å². The molecule has 3 rings (SSSR count). The van der Waals surface area contributed by atoms with Crippen molar-refractivity contribution in [3.8, 4) is 0 Å². The zero-order valence-electron chi connectivity index (χ0n) is 19.2. The Morgan fingerprint density at radius 2 is 1.77 bits per heavy atom. The molecule has 2 heterocycles. The van der Waals surface area contributed by atoms with Gasteiger partial charge in [0.25, 0.3) is 0 Å². The van der Waals surface area contributed by atoms with E-state index in [4.69, 9.17) is 13.9 Å². The van der Waals surface area contributed by atoms with E-state index >= 15 is 0 Å². The molecule has 1 saturated heterocycles. The lowest BCUT2D eigenvalue weighted by atomic mass is 9.82. The second kappa shape index (κ2) is 9.23. The molecule has 0 amide bonds. The first kappa shape index (κ1) is 23.6. The van der Waals surface area contributed by atoms with E-state index in [1.165, 1.54) is 0 Å². The van der Waals surface area contributed by atoms with Gasteiger partial charge in [-0.2, -0.15) is 0 Å². The Hall–Kier alpha value is -1.02. The molecule has 30 heavy (non-hydrogen) atoms. The number of benzene rings is 1. The largest absolute Gasteiger partial charge is 0.417 e. The van der Waals surface area contributed by atoms with Gasteiger partial charge in [0.2, 0.25) is 0 Å². The predicted molar refractivity (Wildman–Crippen MR) is 126 cm³/mol. The van der Waals surface area contributed by atoms with E-state index in [1.54, 1.807) is 11.3 Å². The number of hydrogen-bond acceptors (Lipinski definition) is 5. The highest BCUT2D eigenvalue weighted by Gasteiger charge is 2.38. The SMILES string of the molecule is Cc1sc(C2OCCO2)cc1C(O)(CCCO[Si](C)(C)C(C)(C)C)c1ccccc1. The highest BCUT2D eigenvalue weighted by atomic mass is 32.1. The molecule has 0 aliphatic carbocycles. The van der Waals surface area contributed by atoms with Crippen LogP contribution in [0, 0.1) is 6.92 Å². The minimum Gasteiger partial charge on any atom is -0.417 e. The molecule has 166 valence electrons. The fourth-order valence-electron chi connectivity index (χ4n) is 3.57. The standard InChI is InChI=1S/C24H36O4SSi/c1-18-20(17-21(29-18)22-26-15-16-27-22)24(25,19-11-8-7-9-12-19)13-10-14-28-30(5,6)23(2,3)4/h7-9,11-12,17,22,25H,10,13-16H2,1-6H3. The zero-order chi connectivity index (χ0) is 22.0. The fourth-order valence-corrected chi connectivity index (χ4v) is 5.76. The van der Waals surface area contributed by atoms with Gasteiger partial charge in [-0.05, 0) is 49.5 Å². The lowest BCUT2D eigenvalue weighted by molar-refractivity contribution is -0.0415. The molecule has 0 spiro atoms. The van der Waals surface area contributed by atoms with Gasteiger partial charge in [-0.1, -0.05) is 51.1 Å². The van der Waals surface area contributed by atoms with Crippen molar-refractivity contribution in [2.24, 2.45) is 0 Å². The van der Waals surface area contributed by atoms with Gasteiger partial charge in [0.05, 0.1) is 18.1 Å². The van der Waals surface area contributed by atoms with Crippen molar-refractivity contribution in [2.75, 3.05) is 19.8 Å². The molecule has 0 saturated carbocycles. The molecular formula is C24H36O4SSi. The second-order valence-corrected chi connectivity index (χ2v) is 15.7. The average Bonchev–Trinajstić information content (AvgIpc) is 3.35. The summed E-state index contributed by atoms with van der Waals surface area (Å²) in [4.78, 5) is 2.12. The molecular weight excluding hydrogens is 412 g/mol. The van der Waals surface area contributed by atoms with Crippen molar-refractivity contribution in [3.63, 3.8) is 0 Å². The fraction of sp³-hybridized carbons (Fsp3) is 0.583. The van der Waals surface area contributed by atoms with Gasteiger partial charge in [0, 0.05) is 17.0 Å². The van der Waals surface area contributed by atoms with E-state index in [0.717, 1.165) is 27.3 Å². The van der Waals surface area contributed by atoms with Crippen molar-refractivity contribution in [3.05, 3.63) is 57.3 Å². The third-order valence-corrected chi connectivity index (χ3v) is 12.1. The van der Waals surface area contributed by atoms with Gasteiger partial charge in [-0.3, -0.25) is 0 Å². The third-order valence-electron chi connectivity index (χ3n) is 6.44. The van der Waals surface area contributed by atoms with E-state index in [1.807, 2.05) is 30.3 Å². The molecule has 1 atom stereocenters. The quantitative estimate of drug-likeness (QED) is 0.389. The Balaban J connectivity index is 1.81. The van der Waals surface area contributed by atoms with Crippen molar-refractivity contribution < 1.29 is 19.0 Å². The van der Waals surface area contributed by atoms with Gasteiger partial charge in [0.1, 0.15) is 5.60 Å². The summed E-state index contributed by atoms with van der Waals surface area (Å²) in [6.45, 7) is 15.3. The van der Waals surface area contributed by atoms with Crippen LogP contribution in [-0.2, 0) is 19.5 Å². The Bertz CT molecular complexity index is 821. The van der Waals surface area contributed by atoms with Crippen molar-refractivity contribution in [2.45, 2.75) is 70.6 Å². The summed E-state index contributed by atoms with van der Waals surface area (Å²) in [7, 11) is -1.80. The number of rotatable bonds is 8. The number of ether oxygens (including phenoxy) is 2. The van der Waals surface area contributed by atoms with Crippen LogP contribution in [-0.4, -0.2) is 33.2 Å². The first-order valence-corrected chi connectivity index (χ1v) is 14.5. The average molecular weight is 449 g/mol. The maximum Gasteiger partial charge on any atom is 0.193 e. The number of aryl methyl sites for hydroxylation is 1. The van der Waals surface area contributed by atoms with Gasteiger partial charge >= 0.3 is 0 Å². The minimum absolute atomic E-state index is 0.183. The van der Waals surface area contributed by atoms with Crippen LogP contribution in [0.5, 0.6) is 0 Å². The first-order chi connectivity index (χ1) is 14.0. The van der Waals surface area contributed by atoms with Crippen LogP contribution in [0.3, 0.4) is 0 Å². The molecule has 6 heteroatoms. The Morgan fingerprint density at radius 1 is 1.13 bits per heavy atom. The van der Waals surface area contributed by atoms with Gasteiger partial charge in [-0.25, -0.2) is 0 Å². The van der Waals surface area contributed by atoms with E-state index in [2.05, 4.69) is 46.9 Å². The van der Waals surface area contributed by atoms with E-state index < -0.39 is 13.9 Å². The van der Waals surface area contributed by atoms with Gasteiger partial charge in [-0.15, -0.1) is 11.3 Å². The molecule has 4 nitrogen and oxygen atoms in total. The van der Waals surface area contributed by atoms with Crippen LogP contribution >= 0.6 is 11.3 Å². The van der Waals surface area contributed by atoms with Gasteiger partial charge < -0.3 is 19.0 Å². The molecule has 1 aliphatic heterocycles. The summed E-state index contributed by atoms with van der Waals surface area (Å²) in [5.41, 5.74) is 0.799. The van der Waals surface area contributed by atoms with Crippen LogP contribution in [0.2, 0.25) is 18.1 Å². The molecule has 1 aromatic heterocycles. The Kier molecular flexibility index (Phi) is 7.27. The van der Waals surface area contributed by atoms with Crippen LogP contribution in [0.25, 0.3) is 0 Å². The molecule has 0 radical (unpaired) electrons.